The first-order valence-corrected chi connectivity index (χ1v) is 9.25. The lowest BCUT2D eigenvalue weighted by Gasteiger charge is -2.36. The van der Waals surface area contributed by atoms with Crippen LogP contribution >= 0.6 is 11.3 Å². The number of nitrogens with one attached hydrogen (secondary N) is 1. The van der Waals surface area contributed by atoms with Gasteiger partial charge in [-0.1, -0.05) is 20.3 Å². The molecule has 0 aromatic carbocycles. The second-order valence-corrected chi connectivity index (χ2v) is 7.41. The summed E-state index contributed by atoms with van der Waals surface area (Å²) >= 11 is 1.71. The SMILES string of the molecule is CCCC1NC(c2ccsc2)N(C2CCC(C)CC2)C1=O. The lowest BCUT2D eigenvalue weighted by Crippen LogP contribution is -2.42. The molecule has 4 heteroatoms. The molecule has 2 aliphatic rings. The molecule has 1 aromatic rings. The van der Waals surface area contributed by atoms with Gasteiger partial charge < -0.3 is 4.90 Å². The van der Waals surface area contributed by atoms with E-state index < -0.39 is 0 Å². The number of hydrogen-bond acceptors (Lipinski definition) is 3. The second kappa shape index (κ2) is 6.49. The molecule has 0 spiro atoms. The van der Waals surface area contributed by atoms with Crippen LogP contribution in [0.5, 0.6) is 0 Å². The first kappa shape index (κ1) is 15.0. The molecule has 1 aliphatic carbocycles. The summed E-state index contributed by atoms with van der Waals surface area (Å²) in [5, 5.41) is 7.87. The average molecular weight is 306 g/mol. The molecule has 1 aliphatic heterocycles. The van der Waals surface area contributed by atoms with Crippen molar-refractivity contribution in [3.8, 4) is 0 Å². The van der Waals surface area contributed by atoms with Gasteiger partial charge in [-0.15, -0.1) is 0 Å². The topological polar surface area (TPSA) is 32.3 Å². The summed E-state index contributed by atoms with van der Waals surface area (Å²) in [6.45, 7) is 4.48. The van der Waals surface area contributed by atoms with Gasteiger partial charge in [-0.25, -0.2) is 0 Å². The normalized spacial score (nSPS) is 33.6. The zero-order valence-electron chi connectivity index (χ0n) is 13.0. The smallest absolute Gasteiger partial charge is 0.241 e. The average Bonchev–Trinajstić information content (AvgIpc) is 3.10. The maximum Gasteiger partial charge on any atom is 0.241 e. The van der Waals surface area contributed by atoms with Crippen molar-refractivity contribution < 1.29 is 4.79 Å². The summed E-state index contributed by atoms with van der Waals surface area (Å²) in [6, 6.07) is 2.59. The van der Waals surface area contributed by atoms with Crippen LogP contribution in [0.2, 0.25) is 0 Å². The van der Waals surface area contributed by atoms with Gasteiger partial charge in [-0.05, 0) is 60.4 Å². The minimum Gasteiger partial charge on any atom is -0.319 e. The molecule has 1 saturated heterocycles. The van der Waals surface area contributed by atoms with Crippen molar-refractivity contribution in [3.05, 3.63) is 22.4 Å². The van der Waals surface area contributed by atoms with E-state index in [1.807, 2.05) is 0 Å². The zero-order valence-corrected chi connectivity index (χ0v) is 13.9. The van der Waals surface area contributed by atoms with Gasteiger partial charge in [0.15, 0.2) is 0 Å². The van der Waals surface area contributed by atoms with E-state index in [1.54, 1.807) is 11.3 Å². The molecule has 3 nitrogen and oxygen atoms in total. The Balaban J connectivity index is 1.81. The van der Waals surface area contributed by atoms with Crippen LogP contribution in [0.1, 0.15) is 64.1 Å². The number of thiophene rings is 1. The highest BCUT2D eigenvalue weighted by atomic mass is 32.1. The summed E-state index contributed by atoms with van der Waals surface area (Å²) in [6.07, 6.45) is 6.92. The summed E-state index contributed by atoms with van der Waals surface area (Å²) in [5.74, 6) is 1.14. The maximum atomic E-state index is 12.8. The Labute approximate surface area is 131 Å². The summed E-state index contributed by atoms with van der Waals surface area (Å²) in [5.41, 5.74) is 1.26. The van der Waals surface area contributed by atoms with Crippen LogP contribution in [0.25, 0.3) is 0 Å². The summed E-state index contributed by atoms with van der Waals surface area (Å²) in [4.78, 5) is 15.0. The highest BCUT2D eigenvalue weighted by Crippen LogP contribution is 2.36. The van der Waals surface area contributed by atoms with Crippen LogP contribution in [0.15, 0.2) is 16.8 Å². The van der Waals surface area contributed by atoms with E-state index in [-0.39, 0.29) is 12.2 Å². The van der Waals surface area contributed by atoms with E-state index in [2.05, 4.69) is 40.9 Å². The van der Waals surface area contributed by atoms with Crippen LogP contribution in [-0.4, -0.2) is 22.9 Å². The number of rotatable bonds is 4. The Morgan fingerprint density at radius 1 is 1.33 bits per heavy atom. The summed E-state index contributed by atoms with van der Waals surface area (Å²) < 4.78 is 0. The van der Waals surface area contributed by atoms with Gasteiger partial charge in [0.05, 0.1) is 6.04 Å². The number of hydrogen-bond donors (Lipinski definition) is 1. The minimum atomic E-state index is 0.0132. The number of carbonyl (C=O) groups is 1. The Bertz CT molecular complexity index is 465. The Morgan fingerprint density at radius 3 is 2.71 bits per heavy atom. The molecule has 2 heterocycles. The third-order valence-electron chi connectivity index (χ3n) is 5.00. The van der Waals surface area contributed by atoms with Gasteiger partial charge in [0, 0.05) is 6.04 Å². The first-order chi connectivity index (χ1) is 10.2. The van der Waals surface area contributed by atoms with Gasteiger partial charge in [0.25, 0.3) is 0 Å². The van der Waals surface area contributed by atoms with E-state index in [0.29, 0.717) is 11.9 Å². The fourth-order valence-corrected chi connectivity index (χ4v) is 4.42. The van der Waals surface area contributed by atoms with E-state index in [0.717, 1.165) is 31.6 Å². The molecule has 116 valence electrons. The molecular weight excluding hydrogens is 280 g/mol. The van der Waals surface area contributed by atoms with Crippen molar-refractivity contribution in [2.75, 3.05) is 0 Å². The van der Waals surface area contributed by atoms with Crippen LogP contribution in [0.4, 0.5) is 0 Å². The standard InChI is InChI=1S/C17H26N2OS/c1-3-4-15-17(20)19(14-7-5-12(2)6-8-14)16(18-15)13-9-10-21-11-13/h9-12,14-16,18H,3-8H2,1-2H3. The third-order valence-corrected chi connectivity index (χ3v) is 5.71. The zero-order chi connectivity index (χ0) is 14.8. The molecule has 2 fully saturated rings. The van der Waals surface area contributed by atoms with Crippen molar-refractivity contribution in [3.63, 3.8) is 0 Å². The minimum absolute atomic E-state index is 0.0132. The van der Waals surface area contributed by atoms with Crippen LogP contribution in [-0.2, 0) is 4.79 Å². The van der Waals surface area contributed by atoms with Gasteiger partial charge in [-0.3, -0.25) is 10.1 Å². The van der Waals surface area contributed by atoms with Crippen molar-refractivity contribution >= 4 is 17.2 Å². The van der Waals surface area contributed by atoms with Gasteiger partial charge in [0.2, 0.25) is 5.91 Å². The molecule has 1 aromatic heterocycles. The molecule has 2 unspecified atom stereocenters. The molecule has 0 radical (unpaired) electrons. The Hall–Kier alpha value is -0.870. The lowest BCUT2D eigenvalue weighted by atomic mass is 9.86. The number of nitrogens with zero attached hydrogens (tertiary/aromatic N) is 1. The van der Waals surface area contributed by atoms with Crippen molar-refractivity contribution in [2.45, 2.75) is 70.6 Å². The molecular formula is C17H26N2OS. The number of carbonyl (C=O) groups excluding carboxylic acids is 1. The van der Waals surface area contributed by atoms with Gasteiger partial charge in [0.1, 0.15) is 6.17 Å². The molecule has 2 atom stereocenters. The fraction of sp³-hybridized carbons (Fsp3) is 0.706. The highest BCUT2D eigenvalue weighted by molar-refractivity contribution is 7.07. The highest BCUT2D eigenvalue weighted by Gasteiger charge is 2.43. The third kappa shape index (κ3) is 3.02. The number of amides is 1. The van der Waals surface area contributed by atoms with Crippen LogP contribution in [0.3, 0.4) is 0 Å². The van der Waals surface area contributed by atoms with E-state index in [9.17, 15) is 4.79 Å². The van der Waals surface area contributed by atoms with Gasteiger partial charge >= 0.3 is 0 Å². The molecule has 1 saturated carbocycles. The van der Waals surface area contributed by atoms with Crippen molar-refractivity contribution in [1.29, 1.82) is 0 Å². The van der Waals surface area contributed by atoms with Crippen molar-refractivity contribution in [2.24, 2.45) is 5.92 Å². The second-order valence-electron chi connectivity index (χ2n) is 6.63. The predicted octanol–water partition coefficient (Wildman–Crippen LogP) is 3.93. The molecule has 3 rings (SSSR count). The van der Waals surface area contributed by atoms with Crippen LogP contribution < -0.4 is 5.32 Å². The largest absolute Gasteiger partial charge is 0.319 e. The Kier molecular flexibility index (Phi) is 4.65. The molecule has 21 heavy (non-hydrogen) atoms. The molecule has 1 amide bonds. The predicted molar refractivity (Wildman–Crippen MR) is 87.2 cm³/mol. The van der Waals surface area contributed by atoms with E-state index in [1.165, 1.54) is 18.4 Å². The fourth-order valence-electron chi connectivity index (χ4n) is 3.74. The maximum absolute atomic E-state index is 12.8. The van der Waals surface area contributed by atoms with Gasteiger partial charge in [-0.2, -0.15) is 11.3 Å². The van der Waals surface area contributed by atoms with E-state index >= 15 is 0 Å². The molecule has 1 N–H and O–H groups in total. The summed E-state index contributed by atoms with van der Waals surface area (Å²) in [7, 11) is 0. The first-order valence-electron chi connectivity index (χ1n) is 8.31. The van der Waals surface area contributed by atoms with Crippen molar-refractivity contribution in [1.82, 2.24) is 10.2 Å². The molecule has 0 bridgehead atoms. The van der Waals surface area contributed by atoms with Crippen LogP contribution in [0, 0.1) is 5.92 Å². The lowest BCUT2D eigenvalue weighted by molar-refractivity contribution is -0.133. The van der Waals surface area contributed by atoms with E-state index in [4.69, 9.17) is 0 Å². The quantitative estimate of drug-likeness (QED) is 0.914. The Morgan fingerprint density at radius 2 is 2.10 bits per heavy atom. The monoisotopic (exact) mass is 306 g/mol.